The van der Waals surface area contributed by atoms with Crippen molar-refractivity contribution in [2.75, 3.05) is 19.0 Å². The molecule has 0 saturated carbocycles. The number of aromatic nitrogens is 3. The molecule has 0 aliphatic carbocycles. The zero-order valence-electron chi connectivity index (χ0n) is 12.5. The highest BCUT2D eigenvalue weighted by molar-refractivity contribution is 5.61. The van der Waals surface area contributed by atoms with Crippen molar-refractivity contribution in [2.45, 2.75) is 0 Å². The van der Waals surface area contributed by atoms with Gasteiger partial charge < -0.3 is 9.42 Å². The summed E-state index contributed by atoms with van der Waals surface area (Å²) in [4.78, 5) is 20.7. The van der Waals surface area contributed by atoms with Crippen LogP contribution in [-0.2, 0) is 0 Å². The quantitative estimate of drug-likeness (QED) is 0.539. The molecular formula is C15H13N5O3. The van der Waals surface area contributed by atoms with E-state index in [2.05, 4.69) is 15.1 Å². The van der Waals surface area contributed by atoms with Crippen molar-refractivity contribution in [3.8, 4) is 22.8 Å². The van der Waals surface area contributed by atoms with Crippen LogP contribution in [0.2, 0.25) is 0 Å². The molecule has 3 rings (SSSR count). The van der Waals surface area contributed by atoms with Crippen molar-refractivity contribution in [1.29, 1.82) is 0 Å². The Morgan fingerprint density at radius 2 is 1.78 bits per heavy atom. The normalized spacial score (nSPS) is 10.5. The fraction of sp³-hybridized carbons (Fsp3) is 0.133. The number of pyridine rings is 1. The van der Waals surface area contributed by atoms with Crippen molar-refractivity contribution >= 4 is 11.5 Å². The number of non-ortho nitro benzene ring substituents is 1. The summed E-state index contributed by atoms with van der Waals surface area (Å²) in [6, 6.07) is 9.65. The Morgan fingerprint density at radius 3 is 2.35 bits per heavy atom. The minimum atomic E-state index is -0.457. The maximum Gasteiger partial charge on any atom is 0.269 e. The molecule has 0 amide bonds. The van der Waals surface area contributed by atoms with Gasteiger partial charge in [0, 0.05) is 43.6 Å². The molecule has 0 saturated heterocycles. The number of rotatable bonds is 4. The van der Waals surface area contributed by atoms with Gasteiger partial charge in [-0.2, -0.15) is 4.98 Å². The van der Waals surface area contributed by atoms with Gasteiger partial charge in [0.05, 0.1) is 4.92 Å². The Morgan fingerprint density at radius 1 is 1.09 bits per heavy atom. The number of benzene rings is 1. The molecule has 23 heavy (non-hydrogen) atoms. The van der Waals surface area contributed by atoms with Gasteiger partial charge in [0.15, 0.2) is 0 Å². The van der Waals surface area contributed by atoms with E-state index in [9.17, 15) is 10.1 Å². The number of hydrogen-bond acceptors (Lipinski definition) is 7. The minimum Gasteiger partial charge on any atom is -0.363 e. The zero-order chi connectivity index (χ0) is 16.4. The number of hydrogen-bond donors (Lipinski definition) is 0. The third-order valence-corrected chi connectivity index (χ3v) is 3.22. The van der Waals surface area contributed by atoms with E-state index in [1.165, 1.54) is 12.1 Å². The Hall–Kier alpha value is -3.29. The molecule has 0 bridgehead atoms. The predicted molar refractivity (Wildman–Crippen MR) is 83.9 cm³/mol. The van der Waals surface area contributed by atoms with Crippen molar-refractivity contribution in [3.63, 3.8) is 0 Å². The Bertz CT molecular complexity index is 825. The van der Waals surface area contributed by atoms with Gasteiger partial charge in [-0.15, -0.1) is 0 Å². The summed E-state index contributed by atoms with van der Waals surface area (Å²) in [5, 5.41) is 14.6. The van der Waals surface area contributed by atoms with Crippen LogP contribution in [0.25, 0.3) is 22.8 Å². The lowest BCUT2D eigenvalue weighted by molar-refractivity contribution is -0.384. The molecule has 116 valence electrons. The molecule has 0 spiro atoms. The zero-order valence-corrected chi connectivity index (χ0v) is 12.5. The van der Waals surface area contributed by atoms with E-state index in [1.807, 2.05) is 31.1 Å². The van der Waals surface area contributed by atoms with E-state index in [0.717, 1.165) is 11.4 Å². The Kier molecular flexibility index (Phi) is 3.71. The third kappa shape index (κ3) is 3.00. The number of nitro benzene ring substituents is 1. The van der Waals surface area contributed by atoms with Crippen LogP contribution in [0.3, 0.4) is 0 Å². The summed E-state index contributed by atoms with van der Waals surface area (Å²) in [6.07, 6.45) is 1.67. The van der Waals surface area contributed by atoms with Crippen molar-refractivity contribution in [3.05, 3.63) is 52.7 Å². The van der Waals surface area contributed by atoms with Crippen LogP contribution in [0.4, 0.5) is 11.5 Å². The summed E-state index contributed by atoms with van der Waals surface area (Å²) in [7, 11) is 3.81. The predicted octanol–water partition coefficient (Wildman–Crippen LogP) is 2.77. The maximum atomic E-state index is 10.7. The second-order valence-electron chi connectivity index (χ2n) is 5.03. The van der Waals surface area contributed by atoms with E-state index in [1.54, 1.807) is 18.3 Å². The summed E-state index contributed by atoms with van der Waals surface area (Å²) in [5.74, 6) is 1.54. The molecule has 2 heterocycles. The van der Waals surface area contributed by atoms with Crippen LogP contribution in [0.15, 0.2) is 47.1 Å². The molecule has 8 heteroatoms. The Balaban J connectivity index is 1.86. The second kappa shape index (κ2) is 5.84. The van der Waals surface area contributed by atoms with Crippen molar-refractivity contribution < 1.29 is 9.45 Å². The van der Waals surface area contributed by atoms with Gasteiger partial charge in [-0.3, -0.25) is 10.1 Å². The first-order valence-corrected chi connectivity index (χ1v) is 6.77. The minimum absolute atomic E-state index is 0.0111. The molecule has 8 nitrogen and oxygen atoms in total. The molecule has 3 aromatic rings. The first-order valence-electron chi connectivity index (χ1n) is 6.77. The molecule has 0 aliphatic rings. The van der Waals surface area contributed by atoms with Crippen LogP contribution in [-0.4, -0.2) is 34.1 Å². The molecule has 0 atom stereocenters. The van der Waals surface area contributed by atoms with Gasteiger partial charge in [-0.1, -0.05) is 5.16 Å². The SMILES string of the molecule is CN(C)c1ccc(-c2noc(-c3ccc([N+](=O)[O-])cc3)n2)cn1. The fourth-order valence-corrected chi connectivity index (χ4v) is 1.97. The molecule has 0 fully saturated rings. The van der Waals surface area contributed by atoms with Crippen LogP contribution < -0.4 is 4.90 Å². The van der Waals surface area contributed by atoms with Crippen LogP contribution in [0, 0.1) is 10.1 Å². The van der Waals surface area contributed by atoms with E-state index in [4.69, 9.17) is 4.52 Å². The molecule has 1 aromatic carbocycles. The van der Waals surface area contributed by atoms with Crippen LogP contribution >= 0.6 is 0 Å². The van der Waals surface area contributed by atoms with Gasteiger partial charge in [-0.05, 0) is 24.3 Å². The topological polar surface area (TPSA) is 98.2 Å². The average Bonchev–Trinajstić information content (AvgIpc) is 3.05. The number of anilines is 1. The lowest BCUT2D eigenvalue weighted by atomic mass is 10.2. The monoisotopic (exact) mass is 311 g/mol. The van der Waals surface area contributed by atoms with Gasteiger partial charge in [0.1, 0.15) is 5.82 Å². The van der Waals surface area contributed by atoms with E-state index in [0.29, 0.717) is 17.3 Å². The highest BCUT2D eigenvalue weighted by Crippen LogP contribution is 2.24. The molecule has 2 aromatic heterocycles. The molecular weight excluding hydrogens is 298 g/mol. The molecule has 0 radical (unpaired) electrons. The Labute approximate surface area is 131 Å². The van der Waals surface area contributed by atoms with E-state index < -0.39 is 4.92 Å². The lowest BCUT2D eigenvalue weighted by Crippen LogP contribution is -2.10. The van der Waals surface area contributed by atoms with Gasteiger partial charge in [0.25, 0.3) is 11.6 Å². The van der Waals surface area contributed by atoms with Gasteiger partial charge >= 0.3 is 0 Å². The lowest BCUT2D eigenvalue weighted by Gasteiger charge is -2.10. The second-order valence-corrected chi connectivity index (χ2v) is 5.03. The first kappa shape index (κ1) is 14.6. The number of nitrogens with zero attached hydrogens (tertiary/aromatic N) is 5. The highest BCUT2D eigenvalue weighted by atomic mass is 16.6. The first-order chi connectivity index (χ1) is 11.0. The molecule has 0 aliphatic heterocycles. The smallest absolute Gasteiger partial charge is 0.269 e. The van der Waals surface area contributed by atoms with Gasteiger partial charge in [-0.25, -0.2) is 4.98 Å². The summed E-state index contributed by atoms with van der Waals surface area (Å²) in [5.41, 5.74) is 1.36. The summed E-state index contributed by atoms with van der Waals surface area (Å²) in [6.45, 7) is 0. The number of nitro groups is 1. The average molecular weight is 311 g/mol. The summed E-state index contributed by atoms with van der Waals surface area (Å²) >= 11 is 0. The summed E-state index contributed by atoms with van der Waals surface area (Å²) < 4.78 is 5.21. The van der Waals surface area contributed by atoms with Gasteiger partial charge in [0.2, 0.25) is 5.82 Å². The third-order valence-electron chi connectivity index (χ3n) is 3.22. The van der Waals surface area contributed by atoms with Crippen LogP contribution in [0.5, 0.6) is 0 Å². The maximum absolute atomic E-state index is 10.7. The highest BCUT2D eigenvalue weighted by Gasteiger charge is 2.13. The standard InChI is InChI=1S/C15H13N5O3/c1-19(2)13-8-5-11(9-16-13)14-17-15(23-18-14)10-3-6-12(7-4-10)20(21)22/h3-9H,1-2H3. The van der Waals surface area contributed by atoms with E-state index in [-0.39, 0.29) is 5.69 Å². The molecule has 0 unspecified atom stereocenters. The molecule has 0 N–H and O–H groups in total. The fourth-order valence-electron chi connectivity index (χ4n) is 1.97. The van der Waals surface area contributed by atoms with E-state index >= 15 is 0 Å². The largest absolute Gasteiger partial charge is 0.363 e. The van der Waals surface area contributed by atoms with Crippen molar-refractivity contribution in [2.24, 2.45) is 0 Å². The van der Waals surface area contributed by atoms with Crippen molar-refractivity contribution in [1.82, 2.24) is 15.1 Å². The van der Waals surface area contributed by atoms with Crippen LogP contribution in [0.1, 0.15) is 0 Å².